The lowest BCUT2D eigenvalue weighted by Gasteiger charge is -2.48. The van der Waals surface area contributed by atoms with Gasteiger partial charge in [0.2, 0.25) is 0 Å². The molecule has 5 atom stereocenters. The molecule has 1 saturated heterocycles. The number of halogens is 2. The molecule has 1 aromatic heterocycles. The van der Waals surface area contributed by atoms with Gasteiger partial charge in [0, 0.05) is 22.4 Å². The standard InChI is InChI=1S/C29H30Cl2N2O5/c1-3-5-23(29(36)37-4-2)33-24(18-6-10-21(30)11-7-18)26(20-8-12-22(31)13-9-20)38-27(28(33)35)25(34)19-14-16-32-17-15-19/h6-17,23-27,34H,3-5H2,1-2H3/t23?,24-,25-,26+,27?/m0/s1. The van der Waals surface area contributed by atoms with Gasteiger partial charge in [0.25, 0.3) is 5.91 Å². The van der Waals surface area contributed by atoms with Crippen LogP contribution in [0.4, 0.5) is 0 Å². The van der Waals surface area contributed by atoms with Crippen LogP contribution in [0.15, 0.2) is 73.1 Å². The lowest BCUT2D eigenvalue weighted by atomic mass is 9.88. The fourth-order valence-corrected chi connectivity index (χ4v) is 5.06. The summed E-state index contributed by atoms with van der Waals surface area (Å²) in [6.45, 7) is 3.84. The SMILES string of the molecule is CCCC(C(=O)OCC)N1C(=O)C([C@@H](O)c2ccncc2)O[C@H](c2ccc(Cl)cc2)[C@@H]1c1ccc(Cl)cc1. The first-order chi connectivity index (χ1) is 18.3. The Morgan fingerprint density at radius 2 is 1.58 bits per heavy atom. The van der Waals surface area contributed by atoms with Crippen LogP contribution in [0.25, 0.3) is 0 Å². The summed E-state index contributed by atoms with van der Waals surface area (Å²) >= 11 is 12.4. The maximum Gasteiger partial charge on any atom is 0.328 e. The van der Waals surface area contributed by atoms with Gasteiger partial charge >= 0.3 is 5.97 Å². The van der Waals surface area contributed by atoms with Gasteiger partial charge in [-0.25, -0.2) is 4.79 Å². The third-order valence-corrected chi connectivity index (χ3v) is 7.08. The normalized spacial score (nSPS) is 21.1. The van der Waals surface area contributed by atoms with Gasteiger partial charge in [0.15, 0.2) is 6.10 Å². The van der Waals surface area contributed by atoms with Crippen LogP contribution in [-0.4, -0.2) is 45.6 Å². The number of aliphatic hydroxyl groups excluding tert-OH is 1. The maximum atomic E-state index is 14.2. The fourth-order valence-electron chi connectivity index (χ4n) is 4.80. The number of benzene rings is 2. The summed E-state index contributed by atoms with van der Waals surface area (Å²) in [5, 5.41) is 12.4. The average Bonchev–Trinajstić information content (AvgIpc) is 2.93. The van der Waals surface area contributed by atoms with Crippen molar-refractivity contribution in [3.63, 3.8) is 0 Å². The maximum absolute atomic E-state index is 14.2. The van der Waals surface area contributed by atoms with E-state index in [0.29, 0.717) is 28.5 Å². The lowest BCUT2D eigenvalue weighted by molar-refractivity contribution is -0.198. The van der Waals surface area contributed by atoms with Crippen molar-refractivity contribution in [3.05, 3.63) is 99.8 Å². The number of esters is 1. The quantitative estimate of drug-likeness (QED) is 0.332. The second-order valence-electron chi connectivity index (χ2n) is 9.05. The van der Waals surface area contributed by atoms with Gasteiger partial charge in [-0.3, -0.25) is 9.78 Å². The zero-order chi connectivity index (χ0) is 27.2. The topological polar surface area (TPSA) is 89.0 Å². The van der Waals surface area contributed by atoms with E-state index in [1.165, 1.54) is 17.3 Å². The molecule has 1 aliphatic heterocycles. The Bertz CT molecular complexity index is 1220. The van der Waals surface area contributed by atoms with Crippen LogP contribution >= 0.6 is 23.2 Å². The first-order valence-electron chi connectivity index (χ1n) is 12.6. The van der Waals surface area contributed by atoms with Gasteiger partial charge in [0.1, 0.15) is 18.2 Å². The highest BCUT2D eigenvalue weighted by atomic mass is 35.5. The Morgan fingerprint density at radius 1 is 1.00 bits per heavy atom. The van der Waals surface area contributed by atoms with Gasteiger partial charge in [-0.15, -0.1) is 0 Å². The third-order valence-electron chi connectivity index (χ3n) is 6.58. The number of morpholine rings is 1. The number of carbonyl (C=O) groups excluding carboxylic acids is 2. The lowest BCUT2D eigenvalue weighted by Crippen LogP contribution is -2.58. The van der Waals surface area contributed by atoms with Crippen LogP contribution in [0.3, 0.4) is 0 Å². The summed E-state index contributed by atoms with van der Waals surface area (Å²) in [7, 11) is 0. The van der Waals surface area contributed by atoms with Crippen molar-refractivity contribution < 1.29 is 24.2 Å². The van der Waals surface area contributed by atoms with E-state index < -0.39 is 42.3 Å². The molecule has 9 heteroatoms. The predicted molar refractivity (Wildman–Crippen MR) is 145 cm³/mol. The number of aliphatic hydroxyl groups is 1. The van der Waals surface area contributed by atoms with Gasteiger partial charge in [0.05, 0.1) is 12.6 Å². The molecule has 200 valence electrons. The highest BCUT2D eigenvalue weighted by Crippen LogP contribution is 2.46. The molecule has 0 bridgehead atoms. The van der Waals surface area contributed by atoms with E-state index in [1.54, 1.807) is 43.3 Å². The molecule has 1 N–H and O–H groups in total. The number of ether oxygens (including phenoxy) is 2. The molecular formula is C29H30Cl2N2O5. The molecule has 0 saturated carbocycles. The van der Waals surface area contributed by atoms with Crippen LogP contribution < -0.4 is 0 Å². The van der Waals surface area contributed by atoms with Crippen molar-refractivity contribution in [2.45, 2.75) is 57.1 Å². The second kappa shape index (κ2) is 12.7. The van der Waals surface area contributed by atoms with E-state index in [9.17, 15) is 14.7 Å². The van der Waals surface area contributed by atoms with Crippen molar-refractivity contribution in [2.24, 2.45) is 0 Å². The zero-order valence-corrected chi connectivity index (χ0v) is 22.7. The van der Waals surface area contributed by atoms with Crippen LogP contribution in [0.1, 0.15) is 61.6 Å². The van der Waals surface area contributed by atoms with Crippen molar-refractivity contribution in [3.8, 4) is 0 Å². The third kappa shape index (κ3) is 6.02. The molecule has 2 heterocycles. The summed E-state index contributed by atoms with van der Waals surface area (Å²) in [6, 6.07) is 15.9. The Hall–Kier alpha value is -2.97. The number of pyridine rings is 1. The molecule has 1 aliphatic rings. The smallest absolute Gasteiger partial charge is 0.328 e. The van der Waals surface area contributed by atoms with Crippen molar-refractivity contribution in [1.29, 1.82) is 0 Å². The summed E-state index contributed by atoms with van der Waals surface area (Å²) in [5.74, 6) is -1.01. The Balaban J connectivity index is 1.90. The largest absolute Gasteiger partial charge is 0.464 e. The molecule has 0 aliphatic carbocycles. The molecule has 0 spiro atoms. The predicted octanol–water partition coefficient (Wildman–Crippen LogP) is 5.86. The van der Waals surface area contributed by atoms with E-state index in [-0.39, 0.29) is 6.61 Å². The van der Waals surface area contributed by atoms with E-state index in [4.69, 9.17) is 32.7 Å². The molecule has 7 nitrogen and oxygen atoms in total. The zero-order valence-electron chi connectivity index (χ0n) is 21.2. The Labute approximate surface area is 232 Å². The second-order valence-corrected chi connectivity index (χ2v) is 9.93. The number of hydrogen-bond acceptors (Lipinski definition) is 6. The first-order valence-corrected chi connectivity index (χ1v) is 13.3. The number of carbonyl (C=O) groups is 2. The summed E-state index contributed by atoms with van der Waals surface area (Å²) in [4.78, 5) is 33.0. The summed E-state index contributed by atoms with van der Waals surface area (Å²) in [6.07, 6.45) is 0.769. The molecule has 38 heavy (non-hydrogen) atoms. The van der Waals surface area contributed by atoms with Crippen LogP contribution in [0.5, 0.6) is 0 Å². The Kier molecular flexibility index (Phi) is 9.39. The minimum absolute atomic E-state index is 0.173. The number of hydrogen-bond donors (Lipinski definition) is 1. The minimum Gasteiger partial charge on any atom is -0.464 e. The monoisotopic (exact) mass is 556 g/mol. The minimum atomic E-state index is -1.29. The molecular weight excluding hydrogens is 527 g/mol. The van der Waals surface area contributed by atoms with E-state index in [2.05, 4.69) is 4.98 Å². The van der Waals surface area contributed by atoms with Crippen LogP contribution in [0.2, 0.25) is 10.0 Å². The van der Waals surface area contributed by atoms with Crippen LogP contribution in [0, 0.1) is 0 Å². The first kappa shape index (κ1) is 28.0. The number of nitrogens with zero attached hydrogens (tertiary/aromatic N) is 2. The number of rotatable bonds is 9. The molecule has 2 unspecified atom stereocenters. The van der Waals surface area contributed by atoms with Gasteiger partial charge < -0.3 is 19.5 Å². The number of aromatic nitrogens is 1. The summed E-state index contributed by atoms with van der Waals surface area (Å²) < 4.78 is 11.9. The van der Waals surface area contributed by atoms with Crippen molar-refractivity contribution >= 4 is 35.1 Å². The van der Waals surface area contributed by atoms with Gasteiger partial charge in [-0.2, -0.15) is 0 Å². The van der Waals surface area contributed by atoms with E-state index in [1.807, 2.05) is 31.2 Å². The van der Waals surface area contributed by atoms with Crippen molar-refractivity contribution in [2.75, 3.05) is 6.61 Å². The van der Waals surface area contributed by atoms with E-state index >= 15 is 0 Å². The molecule has 3 aromatic rings. The fraction of sp³-hybridized carbons (Fsp3) is 0.345. The average molecular weight is 557 g/mol. The summed E-state index contributed by atoms with van der Waals surface area (Å²) in [5.41, 5.74) is 1.93. The van der Waals surface area contributed by atoms with Crippen molar-refractivity contribution in [1.82, 2.24) is 9.88 Å². The molecule has 0 radical (unpaired) electrons. The Morgan fingerprint density at radius 3 is 2.13 bits per heavy atom. The van der Waals surface area contributed by atoms with Crippen LogP contribution in [-0.2, 0) is 19.1 Å². The number of amides is 1. The van der Waals surface area contributed by atoms with Gasteiger partial charge in [-0.1, -0.05) is 60.8 Å². The molecule has 2 aromatic carbocycles. The molecule has 1 amide bonds. The van der Waals surface area contributed by atoms with Gasteiger partial charge in [-0.05, 0) is 66.4 Å². The highest BCUT2D eigenvalue weighted by Gasteiger charge is 2.50. The highest BCUT2D eigenvalue weighted by molar-refractivity contribution is 6.30. The molecule has 1 fully saturated rings. The molecule has 4 rings (SSSR count). The van der Waals surface area contributed by atoms with E-state index in [0.717, 1.165) is 11.1 Å².